The molecule has 0 bridgehead atoms. The van der Waals surface area contributed by atoms with Crippen LogP contribution in [0.4, 0.5) is 14.9 Å². The Morgan fingerprint density at radius 1 is 1.45 bits per heavy atom. The molecule has 0 aliphatic heterocycles. The summed E-state index contributed by atoms with van der Waals surface area (Å²) in [6.07, 6.45) is 4.29. The maximum absolute atomic E-state index is 13.4. The van der Waals surface area contributed by atoms with Crippen molar-refractivity contribution in [2.24, 2.45) is 5.92 Å². The van der Waals surface area contributed by atoms with E-state index in [4.69, 9.17) is 9.84 Å². The SMILES string of the molecule is CC(C)Oc1ccc(F)cc1NC(=O)N[C@@H]1C=C[C@H](CO)C1. The zero-order chi connectivity index (χ0) is 16.1. The third kappa shape index (κ3) is 4.46. The number of ether oxygens (including phenoxy) is 1. The maximum atomic E-state index is 13.4. The number of hydrogen-bond donors (Lipinski definition) is 3. The molecule has 1 aliphatic carbocycles. The van der Waals surface area contributed by atoms with Crippen LogP contribution in [0.25, 0.3) is 0 Å². The van der Waals surface area contributed by atoms with E-state index < -0.39 is 11.8 Å². The maximum Gasteiger partial charge on any atom is 0.319 e. The summed E-state index contributed by atoms with van der Waals surface area (Å²) in [5, 5.41) is 14.4. The van der Waals surface area contributed by atoms with Gasteiger partial charge in [0.25, 0.3) is 0 Å². The summed E-state index contributed by atoms with van der Waals surface area (Å²) < 4.78 is 18.9. The summed E-state index contributed by atoms with van der Waals surface area (Å²) in [6, 6.07) is 3.42. The topological polar surface area (TPSA) is 70.6 Å². The number of rotatable bonds is 5. The molecule has 1 aromatic carbocycles. The van der Waals surface area contributed by atoms with Gasteiger partial charge in [-0.05, 0) is 32.4 Å². The first-order chi connectivity index (χ1) is 10.5. The zero-order valence-corrected chi connectivity index (χ0v) is 12.7. The highest BCUT2D eigenvalue weighted by molar-refractivity contribution is 5.91. The van der Waals surface area contributed by atoms with E-state index in [-0.39, 0.29) is 30.4 Å². The molecule has 22 heavy (non-hydrogen) atoms. The van der Waals surface area contributed by atoms with Gasteiger partial charge in [-0.2, -0.15) is 0 Å². The van der Waals surface area contributed by atoms with E-state index >= 15 is 0 Å². The summed E-state index contributed by atoms with van der Waals surface area (Å²) >= 11 is 0. The Morgan fingerprint density at radius 2 is 2.23 bits per heavy atom. The molecule has 1 aliphatic rings. The van der Waals surface area contributed by atoms with Crippen molar-refractivity contribution in [1.82, 2.24) is 5.32 Å². The van der Waals surface area contributed by atoms with Crippen molar-refractivity contribution in [2.75, 3.05) is 11.9 Å². The molecular weight excluding hydrogens is 287 g/mol. The Kier molecular flexibility index (Phi) is 5.38. The van der Waals surface area contributed by atoms with Gasteiger partial charge in [-0.15, -0.1) is 0 Å². The van der Waals surface area contributed by atoms with E-state index in [2.05, 4.69) is 10.6 Å². The van der Waals surface area contributed by atoms with Crippen LogP contribution in [0.15, 0.2) is 30.4 Å². The van der Waals surface area contributed by atoms with Crippen LogP contribution in [0.2, 0.25) is 0 Å². The van der Waals surface area contributed by atoms with Gasteiger partial charge in [-0.1, -0.05) is 12.2 Å². The van der Waals surface area contributed by atoms with Crippen molar-refractivity contribution >= 4 is 11.7 Å². The number of benzene rings is 1. The molecule has 0 unspecified atom stereocenters. The fraction of sp³-hybridized carbons (Fsp3) is 0.438. The molecule has 120 valence electrons. The number of aliphatic hydroxyl groups is 1. The first-order valence-electron chi connectivity index (χ1n) is 7.31. The van der Waals surface area contributed by atoms with E-state index in [1.54, 1.807) is 0 Å². The van der Waals surface area contributed by atoms with Crippen molar-refractivity contribution in [3.63, 3.8) is 0 Å². The Hall–Kier alpha value is -2.08. The highest BCUT2D eigenvalue weighted by Crippen LogP contribution is 2.26. The summed E-state index contributed by atoms with van der Waals surface area (Å²) in [7, 11) is 0. The second-order valence-corrected chi connectivity index (χ2v) is 5.58. The number of halogens is 1. The molecule has 3 N–H and O–H groups in total. The van der Waals surface area contributed by atoms with Crippen molar-refractivity contribution in [1.29, 1.82) is 0 Å². The second-order valence-electron chi connectivity index (χ2n) is 5.58. The molecule has 0 fully saturated rings. The normalized spacial score (nSPS) is 20.2. The number of hydrogen-bond acceptors (Lipinski definition) is 3. The molecule has 0 saturated heterocycles. The lowest BCUT2D eigenvalue weighted by atomic mass is 10.1. The fourth-order valence-corrected chi connectivity index (χ4v) is 2.30. The molecule has 2 atom stereocenters. The first kappa shape index (κ1) is 16.3. The smallest absolute Gasteiger partial charge is 0.319 e. The number of carbonyl (C=O) groups is 1. The first-order valence-corrected chi connectivity index (χ1v) is 7.31. The minimum absolute atomic E-state index is 0.0621. The van der Waals surface area contributed by atoms with Crippen LogP contribution < -0.4 is 15.4 Å². The average Bonchev–Trinajstić information content (AvgIpc) is 2.89. The van der Waals surface area contributed by atoms with Crippen molar-refractivity contribution in [3.05, 3.63) is 36.2 Å². The minimum atomic E-state index is -0.451. The third-order valence-corrected chi connectivity index (χ3v) is 3.28. The molecule has 2 rings (SSSR count). The summed E-state index contributed by atoms with van der Waals surface area (Å²) in [4.78, 5) is 12.0. The Morgan fingerprint density at radius 3 is 2.86 bits per heavy atom. The fourth-order valence-electron chi connectivity index (χ4n) is 2.30. The van der Waals surface area contributed by atoms with Gasteiger partial charge < -0.3 is 20.5 Å². The molecule has 5 nitrogen and oxygen atoms in total. The van der Waals surface area contributed by atoms with Crippen LogP contribution in [0.3, 0.4) is 0 Å². The number of urea groups is 1. The van der Waals surface area contributed by atoms with E-state index in [9.17, 15) is 9.18 Å². The largest absolute Gasteiger partial charge is 0.489 e. The molecule has 0 saturated carbocycles. The summed E-state index contributed by atoms with van der Waals surface area (Å²) in [5.41, 5.74) is 0.284. The zero-order valence-electron chi connectivity index (χ0n) is 12.7. The Labute approximate surface area is 129 Å². The molecule has 0 spiro atoms. The lowest BCUT2D eigenvalue weighted by Crippen LogP contribution is -2.36. The van der Waals surface area contributed by atoms with Gasteiger partial charge >= 0.3 is 6.03 Å². The second kappa shape index (κ2) is 7.26. The van der Waals surface area contributed by atoms with Crippen molar-refractivity contribution < 1.29 is 19.0 Å². The highest BCUT2D eigenvalue weighted by Gasteiger charge is 2.20. The van der Waals surface area contributed by atoms with E-state index in [1.807, 2.05) is 26.0 Å². The molecule has 0 heterocycles. The lowest BCUT2D eigenvalue weighted by Gasteiger charge is -2.17. The molecular formula is C16H21FN2O3. The molecule has 0 radical (unpaired) electrons. The summed E-state index contributed by atoms with van der Waals surface area (Å²) in [6.45, 7) is 3.77. The van der Waals surface area contributed by atoms with Gasteiger partial charge in [0, 0.05) is 24.6 Å². The van der Waals surface area contributed by atoms with E-state index in [0.29, 0.717) is 12.2 Å². The van der Waals surface area contributed by atoms with Gasteiger partial charge in [0.1, 0.15) is 11.6 Å². The predicted octanol–water partition coefficient (Wildman–Crippen LogP) is 2.67. The number of aliphatic hydroxyl groups excluding tert-OH is 1. The molecule has 0 aromatic heterocycles. The van der Waals surface area contributed by atoms with Gasteiger partial charge in [0.05, 0.1) is 11.8 Å². The Balaban J connectivity index is 1.99. The predicted molar refractivity (Wildman–Crippen MR) is 82.4 cm³/mol. The number of amides is 2. The van der Waals surface area contributed by atoms with Crippen LogP contribution in [0, 0.1) is 11.7 Å². The van der Waals surface area contributed by atoms with Crippen LogP contribution in [-0.2, 0) is 0 Å². The van der Waals surface area contributed by atoms with Crippen LogP contribution in [0.5, 0.6) is 5.75 Å². The van der Waals surface area contributed by atoms with E-state index in [0.717, 1.165) is 0 Å². The van der Waals surface area contributed by atoms with E-state index in [1.165, 1.54) is 18.2 Å². The van der Waals surface area contributed by atoms with Gasteiger partial charge in [-0.3, -0.25) is 0 Å². The van der Waals surface area contributed by atoms with Gasteiger partial charge in [0.15, 0.2) is 0 Å². The monoisotopic (exact) mass is 308 g/mol. The average molecular weight is 308 g/mol. The standard InChI is InChI=1S/C16H21FN2O3/c1-10(2)22-15-6-4-12(17)8-14(15)19-16(21)18-13-5-3-11(7-13)9-20/h3-6,8,10-11,13,20H,7,9H2,1-2H3,(H2,18,19,21)/t11-,13+/m0/s1. The number of anilines is 1. The highest BCUT2D eigenvalue weighted by atomic mass is 19.1. The molecule has 1 aromatic rings. The van der Waals surface area contributed by atoms with Gasteiger partial charge in [0.2, 0.25) is 0 Å². The number of carbonyl (C=O) groups excluding carboxylic acids is 1. The van der Waals surface area contributed by atoms with Crippen LogP contribution in [-0.4, -0.2) is 29.9 Å². The van der Waals surface area contributed by atoms with Crippen LogP contribution >= 0.6 is 0 Å². The van der Waals surface area contributed by atoms with Gasteiger partial charge in [-0.25, -0.2) is 9.18 Å². The molecule has 6 heteroatoms. The van der Waals surface area contributed by atoms with Crippen molar-refractivity contribution in [2.45, 2.75) is 32.4 Å². The third-order valence-electron chi connectivity index (χ3n) is 3.28. The van der Waals surface area contributed by atoms with Crippen LogP contribution in [0.1, 0.15) is 20.3 Å². The Bertz CT molecular complexity index is 560. The summed E-state index contributed by atoms with van der Waals surface area (Å²) in [5.74, 6) is 0.0357. The molecule has 2 amide bonds. The van der Waals surface area contributed by atoms with Crippen molar-refractivity contribution in [3.8, 4) is 5.75 Å². The quantitative estimate of drug-likeness (QED) is 0.732. The minimum Gasteiger partial charge on any atom is -0.489 e. The number of nitrogens with one attached hydrogen (secondary N) is 2. The lowest BCUT2D eigenvalue weighted by molar-refractivity contribution is 0.237.